The number of amides is 1. The molecule has 0 aromatic heterocycles. The second-order valence-corrected chi connectivity index (χ2v) is 5.41. The highest BCUT2D eigenvalue weighted by molar-refractivity contribution is 5.84. The number of carbonyl (C=O) groups is 2. The first kappa shape index (κ1) is 15.0. The summed E-state index contributed by atoms with van der Waals surface area (Å²) in [7, 11) is 0. The fourth-order valence-electron chi connectivity index (χ4n) is 2.68. The van der Waals surface area contributed by atoms with Crippen molar-refractivity contribution in [3.05, 3.63) is 0 Å². The zero-order chi connectivity index (χ0) is 13.5. The van der Waals surface area contributed by atoms with E-state index in [0.29, 0.717) is 5.92 Å². The molecular weight excluding hydrogens is 230 g/mol. The summed E-state index contributed by atoms with van der Waals surface area (Å²) in [5, 5.41) is 11.4. The normalized spacial score (nSPS) is 20.1. The van der Waals surface area contributed by atoms with Crippen LogP contribution in [0.2, 0.25) is 0 Å². The lowest BCUT2D eigenvalue weighted by atomic mass is 9.81. The van der Waals surface area contributed by atoms with Crippen LogP contribution in [0.3, 0.4) is 0 Å². The molecule has 1 unspecified atom stereocenters. The van der Waals surface area contributed by atoms with E-state index in [1.54, 1.807) is 0 Å². The minimum atomic E-state index is -0.976. The zero-order valence-corrected chi connectivity index (χ0v) is 11.4. The average Bonchev–Trinajstić information content (AvgIpc) is 2.36. The molecule has 0 bridgehead atoms. The molecule has 2 atom stereocenters. The smallest absolute Gasteiger partial charge is 0.325 e. The van der Waals surface area contributed by atoms with E-state index in [1.807, 2.05) is 6.92 Å². The van der Waals surface area contributed by atoms with Crippen molar-refractivity contribution in [1.29, 1.82) is 0 Å². The summed E-state index contributed by atoms with van der Waals surface area (Å²) < 4.78 is 0. The summed E-state index contributed by atoms with van der Waals surface area (Å²) in [5.41, 5.74) is 0. The van der Waals surface area contributed by atoms with Crippen LogP contribution in [0.4, 0.5) is 0 Å². The van der Waals surface area contributed by atoms with Crippen LogP contribution in [0.1, 0.15) is 58.8 Å². The van der Waals surface area contributed by atoms with Crippen molar-refractivity contribution in [3.63, 3.8) is 0 Å². The molecule has 4 nitrogen and oxygen atoms in total. The highest BCUT2D eigenvalue weighted by Gasteiger charge is 2.25. The largest absolute Gasteiger partial charge is 0.480 e. The first-order valence-corrected chi connectivity index (χ1v) is 7.07. The van der Waals surface area contributed by atoms with E-state index in [1.165, 1.54) is 39.0 Å². The molecule has 18 heavy (non-hydrogen) atoms. The maximum atomic E-state index is 12.0. The summed E-state index contributed by atoms with van der Waals surface area (Å²) >= 11 is 0. The molecule has 1 rings (SSSR count). The number of hydrogen-bond donors (Lipinski definition) is 2. The molecule has 0 saturated heterocycles. The number of carboxylic acid groups (broad SMARTS) is 1. The molecular formula is C14H25NO3. The summed E-state index contributed by atoms with van der Waals surface area (Å²) in [4.78, 5) is 22.7. The van der Waals surface area contributed by atoms with E-state index in [2.05, 4.69) is 5.32 Å². The average molecular weight is 255 g/mol. The van der Waals surface area contributed by atoms with Gasteiger partial charge in [-0.15, -0.1) is 0 Å². The van der Waals surface area contributed by atoms with Gasteiger partial charge in [0.25, 0.3) is 0 Å². The molecule has 0 aromatic carbocycles. The van der Waals surface area contributed by atoms with Crippen molar-refractivity contribution >= 4 is 11.9 Å². The van der Waals surface area contributed by atoms with Gasteiger partial charge >= 0.3 is 5.97 Å². The predicted molar refractivity (Wildman–Crippen MR) is 70.2 cm³/mol. The van der Waals surface area contributed by atoms with Crippen molar-refractivity contribution in [1.82, 2.24) is 5.32 Å². The van der Waals surface area contributed by atoms with Crippen molar-refractivity contribution < 1.29 is 14.7 Å². The van der Waals surface area contributed by atoms with Gasteiger partial charge in [-0.3, -0.25) is 9.59 Å². The Hall–Kier alpha value is -1.06. The molecule has 0 radical (unpaired) electrons. The van der Waals surface area contributed by atoms with Crippen LogP contribution < -0.4 is 5.32 Å². The van der Waals surface area contributed by atoms with Crippen molar-refractivity contribution in [2.75, 3.05) is 0 Å². The van der Waals surface area contributed by atoms with Gasteiger partial charge in [0.05, 0.1) is 0 Å². The van der Waals surface area contributed by atoms with Crippen LogP contribution in [-0.2, 0) is 9.59 Å². The third kappa shape index (κ3) is 4.67. The van der Waals surface area contributed by atoms with Gasteiger partial charge in [0, 0.05) is 5.92 Å². The molecule has 1 aliphatic rings. The van der Waals surface area contributed by atoms with E-state index in [-0.39, 0.29) is 11.8 Å². The van der Waals surface area contributed by atoms with Crippen LogP contribution in [0.25, 0.3) is 0 Å². The predicted octanol–water partition coefficient (Wildman–Crippen LogP) is 2.57. The molecule has 1 aliphatic carbocycles. The van der Waals surface area contributed by atoms with Crippen molar-refractivity contribution in [3.8, 4) is 0 Å². The highest BCUT2D eigenvalue weighted by atomic mass is 16.4. The molecule has 0 aromatic rings. The maximum absolute atomic E-state index is 12.0. The van der Waals surface area contributed by atoms with Crippen LogP contribution in [0, 0.1) is 11.8 Å². The minimum Gasteiger partial charge on any atom is -0.480 e. The first-order chi connectivity index (χ1) is 8.54. The number of carboxylic acids is 1. The quantitative estimate of drug-likeness (QED) is 0.766. The molecule has 4 heteroatoms. The number of carbonyl (C=O) groups excluding carboxylic acids is 1. The third-order valence-corrected chi connectivity index (χ3v) is 3.94. The zero-order valence-electron chi connectivity index (χ0n) is 11.4. The third-order valence-electron chi connectivity index (χ3n) is 3.94. The summed E-state index contributed by atoms with van der Waals surface area (Å²) in [5.74, 6) is -0.460. The molecule has 1 fully saturated rings. The van der Waals surface area contributed by atoms with Crippen molar-refractivity contribution in [2.45, 2.75) is 64.8 Å². The Morgan fingerprint density at radius 2 is 1.89 bits per heavy atom. The van der Waals surface area contributed by atoms with Gasteiger partial charge in [-0.2, -0.15) is 0 Å². The fraction of sp³-hybridized carbons (Fsp3) is 0.857. The summed E-state index contributed by atoms with van der Waals surface area (Å²) in [6, 6.07) is -0.794. The van der Waals surface area contributed by atoms with Gasteiger partial charge in [-0.25, -0.2) is 0 Å². The SMILES string of the molecule is CCC(CC1CCCCC1)C(=O)N[C@H](C)C(=O)O. The fourth-order valence-corrected chi connectivity index (χ4v) is 2.68. The van der Waals surface area contributed by atoms with Crippen LogP contribution in [-0.4, -0.2) is 23.0 Å². The molecule has 0 spiro atoms. The number of rotatable bonds is 6. The Labute approximate surface area is 109 Å². The molecule has 0 aliphatic heterocycles. The number of aliphatic carboxylic acids is 1. The van der Waals surface area contributed by atoms with Gasteiger partial charge in [0.2, 0.25) is 5.91 Å². The second-order valence-electron chi connectivity index (χ2n) is 5.41. The molecule has 1 amide bonds. The van der Waals surface area contributed by atoms with E-state index < -0.39 is 12.0 Å². The molecule has 0 heterocycles. The maximum Gasteiger partial charge on any atom is 0.325 e. The van der Waals surface area contributed by atoms with Crippen molar-refractivity contribution in [2.24, 2.45) is 11.8 Å². The monoisotopic (exact) mass is 255 g/mol. The van der Waals surface area contributed by atoms with Gasteiger partial charge < -0.3 is 10.4 Å². The highest BCUT2D eigenvalue weighted by Crippen LogP contribution is 2.30. The van der Waals surface area contributed by atoms with E-state index in [4.69, 9.17) is 5.11 Å². The Morgan fingerprint density at radius 1 is 1.28 bits per heavy atom. The van der Waals surface area contributed by atoms with Gasteiger partial charge in [0.15, 0.2) is 0 Å². The summed E-state index contributed by atoms with van der Waals surface area (Å²) in [6.45, 7) is 3.51. The number of nitrogens with one attached hydrogen (secondary N) is 1. The Kier molecular flexibility index (Phi) is 6.16. The molecule has 2 N–H and O–H groups in total. The van der Waals surface area contributed by atoms with Gasteiger partial charge in [-0.05, 0) is 25.7 Å². The Morgan fingerprint density at radius 3 is 2.39 bits per heavy atom. The van der Waals surface area contributed by atoms with Crippen LogP contribution in [0.15, 0.2) is 0 Å². The van der Waals surface area contributed by atoms with Crippen LogP contribution in [0.5, 0.6) is 0 Å². The standard InChI is InChI=1S/C14H25NO3/c1-3-12(9-11-7-5-4-6-8-11)13(16)15-10(2)14(17)18/h10-12H,3-9H2,1-2H3,(H,15,16)(H,17,18)/t10-,12?/m1/s1. The number of hydrogen-bond acceptors (Lipinski definition) is 2. The lowest BCUT2D eigenvalue weighted by molar-refractivity contribution is -0.142. The Bertz CT molecular complexity index is 285. The van der Waals surface area contributed by atoms with Gasteiger partial charge in [-0.1, -0.05) is 39.0 Å². The first-order valence-electron chi connectivity index (χ1n) is 7.07. The second kappa shape index (κ2) is 7.39. The van der Waals surface area contributed by atoms with E-state index >= 15 is 0 Å². The topological polar surface area (TPSA) is 66.4 Å². The van der Waals surface area contributed by atoms with E-state index in [0.717, 1.165) is 12.8 Å². The Balaban J connectivity index is 2.43. The van der Waals surface area contributed by atoms with Gasteiger partial charge in [0.1, 0.15) is 6.04 Å². The molecule has 1 saturated carbocycles. The van der Waals surface area contributed by atoms with E-state index in [9.17, 15) is 9.59 Å². The lowest BCUT2D eigenvalue weighted by Crippen LogP contribution is -2.42. The lowest BCUT2D eigenvalue weighted by Gasteiger charge is -2.26. The van der Waals surface area contributed by atoms with Crippen LogP contribution >= 0.6 is 0 Å². The molecule has 104 valence electrons. The minimum absolute atomic E-state index is 0.0325. The summed E-state index contributed by atoms with van der Waals surface area (Å²) in [6.07, 6.45) is 8.00.